The van der Waals surface area contributed by atoms with E-state index in [4.69, 9.17) is 33.2 Å². The highest BCUT2D eigenvalue weighted by Gasteiger charge is 2.54. The Bertz CT molecular complexity index is 2260. The van der Waals surface area contributed by atoms with Crippen molar-refractivity contribution in [2.24, 2.45) is 17.8 Å². The number of nitrogens with one attached hydrogen (secondary N) is 1. The monoisotopic (exact) mass is 791 g/mol. The Morgan fingerprint density at radius 3 is 2.28 bits per heavy atom. The number of anilines is 1. The molecule has 0 spiro atoms. The van der Waals surface area contributed by atoms with Gasteiger partial charge in [-0.05, 0) is 78.6 Å². The van der Waals surface area contributed by atoms with Crippen molar-refractivity contribution < 1.29 is 42.7 Å². The largest absolute Gasteiger partial charge is 0.497 e. The smallest absolute Gasteiger partial charge is 0.338 e. The SMILES string of the molecule is C=CN(C)c1cccc2ccccc12.COC(=O)[C@H]1[C@H]2C[C@@H]3c4[nH]c5cc(OC)ccc5c4CCN3C[C@H]2C[C@@H](OC(=O)c2cc(OC)c(OC)c(OC)c2)[C@@H]1OC. The van der Waals surface area contributed by atoms with Crippen molar-refractivity contribution in [2.45, 2.75) is 37.5 Å². The van der Waals surface area contributed by atoms with E-state index in [0.29, 0.717) is 23.7 Å². The molecule has 306 valence electrons. The Morgan fingerprint density at radius 2 is 1.60 bits per heavy atom. The fourth-order valence-corrected chi connectivity index (χ4v) is 9.38. The van der Waals surface area contributed by atoms with Crippen LogP contribution in [0.15, 0.2) is 85.6 Å². The van der Waals surface area contributed by atoms with Gasteiger partial charge >= 0.3 is 11.9 Å². The van der Waals surface area contributed by atoms with Gasteiger partial charge in [0.1, 0.15) is 18.0 Å². The Labute approximate surface area is 339 Å². The number of esters is 2. The molecule has 1 aliphatic carbocycles. The summed E-state index contributed by atoms with van der Waals surface area (Å²) in [5.74, 6) is 0.441. The van der Waals surface area contributed by atoms with Gasteiger partial charge in [-0.3, -0.25) is 9.69 Å². The van der Waals surface area contributed by atoms with Crippen molar-refractivity contribution in [3.63, 3.8) is 0 Å². The molecule has 6 atom stereocenters. The summed E-state index contributed by atoms with van der Waals surface area (Å²) in [7, 11) is 11.1. The van der Waals surface area contributed by atoms with Crippen molar-refractivity contribution in [2.75, 3.05) is 67.7 Å². The molecule has 8 rings (SSSR count). The quantitative estimate of drug-likeness (QED) is 0.141. The molecule has 12 heteroatoms. The Morgan fingerprint density at radius 1 is 0.862 bits per heavy atom. The number of nitrogens with zero attached hydrogens (tertiary/aromatic N) is 2. The summed E-state index contributed by atoms with van der Waals surface area (Å²) in [6.07, 6.45) is 2.74. The van der Waals surface area contributed by atoms with Crippen LogP contribution in [0.1, 0.15) is 40.5 Å². The number of hydrogen-bond donors (Lipinski definition) is 1. The van der Waals surface area contributed by atoms with Crippen LogP contribution in [0.25, 0.3) is 21.7 Å². The van der Waals surface area contributed by atoms with E-state index in [9.17, 15) is 9.59 Å². The van der Waals surface area contributed by atoms with Gasteiger partial charge < -0.3 is 43.0 Å². The molecule has 4 aromatic carbocycles. The lowest BCUT2D eigenvalue weighted by Gasteiger charge is -2.52. The highest BCUT2D eigenvalue weighted by Crippen LogP contribution is 2.51. The molecule has 5 aromatic rings. The summed E-state index contributed by atoms with van der Waals surface area (Å²) in [4.78, 5) is 35.2. The number of methoxy groups -OCH3 is 6. The fourth-order valence-electron chi connectivity index (χ4n) is 9.38. The van der Waals surface area contributed by atoms with E-state index in [-0.39, 0.29) is 29.4 Å². The van der Waals surface area contributed by atoms with Crippen molar-refractivity contribution >= 4 is 39.3 Å². The molecule has 12 nitrogen and oxygen atoms in total. The molecule has 3 heterocycles. The number of piperidine rings is 1. The van der Waals surface area contributed by atoms with Crippen LogP contribution < -0.4 is 23.8 Å². The van der Waals surface area contributed by atoms with Crippen molar-refractivity contribution in [1.29, 1.82) is 0 Å². The first-order valence-corrected chi connectivity index (χ1v) is 19.6. The van der Waals surface area contributed by atoms with E-state index in [1.165, 1.54) is 61.5 Å². The van der Waals surface area contributed by atoms with Crippen LogP contribution in [-0.2, 0) is 25.4 Å². The molecule has 1 aromatic heterocycles. The second-order valence-electron chi connectivity index (χ2n) is 15.0. The molecular weight excluding hydrogens is 739 g/mol. The topological polar surface area (TPSA) is 121 Å². The summed E-state index contributed by atoms with van der Waals surface area (Å²) in [6, 6.07) is 24.0. The minimum atomic E-state index is -0.670. The number of aromatic nitrogens is 1. The summed E-state index contributed by atoms with van der Waals surface area (Å²) >= 11 is 0. The maximum absolute atomic E-state index is 13.5. The van der Waals surface area contributed by atoms with Crippen molar-refractivity contribution in [1.82, 2.24) is 9.88 Å². The average molecular weight is 792 g/mol. The summed E-state index contributed by atoms with van der Waals surface area (Å²) in [5.41, 5.74) is 5.02. The van der Waals surface area contributed by atoms with Crippen molar-refractivity contribution in [3.8, 4) is 23.0 Å². The maximum atomic E-state index is 13.5. The van der Waals surface area contributed by atoms with E-state index < -0.39 is 24.1 Å². The van der Waals surface area contributed by atoms with Gasteiger partial charge in [0.05, 0.1) is 53.1 Å². The van der Waals surface area contributed by atoms with Gasteiger partial charge in [0, 0.05) is 61.0 Å². The highest BCUT2D eigenvalue weighted by atomic mass is 16.6. The molecule has 0 radical (unpaired) electrons. The lowest BCUT2D eigenvalue weighted by molar-refractivity contribution is -0.176. The third kappa shape index (κ3) is 7.54. The zero-order valence-corrected chi connectivity index (χ0v) is 34.3. The first-order valence-electron chi connectivity index (χ1n) is 19.6. The van der Waals surface area contributed by atoms with Gasteiger partial charge in [-0.25, -0.2) is 4.79 Å². The molecular formula is C46H53N3O9. The van der Waals surface area contributed by atoms with Gasteiger partial charge in [-0.2, -0.15) is 0 Å². The third-order valence-corrected chi connectivity index (χ3v) is 12.2. The summed E-state index contributed by atoms with van der Waals surface area (Å²) < 4.78 is 39.1. The van der Waals surface area contributed by atoms with Gasteiger partial charge in [-0.1, -0.05) is 43.0 Å². The average Bonchev–Trinajstić information content (AvgIpc) is 3.65. The second-order valence-corrected chi connectivity index (χ2v) is 15.0. The second kappa shape index (κ2) is 17.4. The molecule has 58 heavy (non-hydrogen) atoms. The van der Waals surface area contributed by atoms with Crippen LogP contribution in [0.5, 0.6) is 23.0 Å². The number of carbonyl (C=O) groups is 2. The summed E-state index contributed by atoms with van der Waals surface area (Å²) in [6.45, 7) is 5.45. The molecule has 0 amide bonds. The number of H-pyrrole nitrogens is 1. The molecule has 1 N–H and O–H groups in total. The highest BCUT2D eigenvalue weighted by molar-refractivity contribution is 5.94. The number of aromatic amines is 1. The normalized spacial score (nSPS) is 22.3. The standard InChI is InChI=1S/C33H40N2O9.C13H13N/c1-38-19-7-8-20-21-9-10-35-16-18-13-27(44-32(36)17-11-25(39-2)30(41-4)26(12-17)40-3)31(42-5)28(33(37)43-6)22(18)15-24(35)29(21)34-23(20)14-19;1-3-14(2)13-10-6-8-11-7-4-5-9-12(11)13/h7-8,11-12,14,18,22,24,27-28,31,34H,9-10,13,15-16H2,1-6H3;3-10H,1H2,2H3/t18-,22+,24-,27-,28+,31+;/m1./s1. The summed E-state index contributed by atoms with van der Waals surface area (Å²) in [5, 5.41) is 3.74. The Hall–Kier alpha value is -5.72. The number of fused-ring (bicyclic) bond motifs is 7. The number of ether oxygens (including phenoxy) is 7. The molecule has 1 saturated heterocycles. The van der Waals surface area contributed by atoms with E-state index in [1.54, 1.807) is 26.4 Å². The maximum Gasteiger partial charge on any atom is 0.338 e. The number of benzene rings is 4. The Kier molecular flexibility index (Phi) is 12.2. The van der Waals surface area contributed by atoms with Gasteiger partial charge in [-0.15, -0.1) is 0 Å². The first-order chi connectivity index (χ1) is 28.2. The lowest BCUT2D eigenvalue weighted by Crippen LogP contribution is -2.58. The molecule has 1 saturated carbocycles. The first kappa shape index (κ1) is 40.5. The van der Waals surface area contributed by atoms with Crippen LogP contribution in [0, 0.1) is 17.8 Å². The van der Waals surface area contributed by atoms with E-state index in [2.05, 4.69) is 65.0 Å². The third-order valence-electron chi connectivity index (χ3n) is 12.2. The van der Waals surface area contributed by atoms with Crippen LogP contribution in [0.3, 0.4) is 0 Å². The van der Waals surface area contributed by atoms with Gasteiger partial charge in [0.15, 0.2) is 11.5 Å². The number of carbonyl (C=O) groups excluding carboxylic acids is 2. The minimum Gasteiger partial charge on any atom is -0.497 e. The van der Waals surface area contributed by atoms with Gasteiger partial charge in [0.2, 0.25) is 5.75 Å². The van der Waals surface area contributed by atoms with Crippen molar-refractivity contribution in [3.05, 3.63) is 102 Å². The number of rotatable bonds is 10. The molecule has 2 aliphatic heterocycles. The molecule has 2 fully saturated rings. The van der Waals surface area contributed by atoms with Gasteiger partial charge in [0.25, 0.3) is 0 Å². The number of hydrogen-bond acceptors (Lipinski definition) is 11. The van der Waals surface area contributed by atoms with E-state index >= 15 is 0 Å². The van der Waals surface area contributed by atoms with Crippen LogP contribution in [0.4, 0.5) is 5.69 Å². The predicted molar refractivity (Wildman–Crippen MR) is 223 cm³/mol. The Balaban J connectivity index is 0.000000307. The van der Waals surface area contributed by atoms with E-state index in [1.807, 2.05) is 30.3 Å². The molecule has 0 bridgehead atoms. The zero-order valence-electron chi connectivity index (χ0n) is 34.3. The van der Waals surface area contributed by atoms with Crippen LogP contribution in [-0.4, -0.2) is 96.8 Å². The molecule has 0 unspecified atom stereocenters. The van der Waals surface area contributed by atoms with E-state index in [0.717, 1.165) is 37.2 Å². The minimum absolute atomic E-state index is 0.0170. The fraction of sp³-hybridized carbons (Fsp3) is 0.391. The van der Waals surface area contributed by atoms with Crippen LogP contribution in [0.2, 0.25) is 0 Å². The predicted octanol–water partition coefficient (Wildman–Crippen LogP) is 7.59. The molecule has 3 aliphatic rings. The lowest BCUT2D eigenvalue weighted by atomic mass is 9.63. The van der Waals surface area contributed by atoms with Crippen LogP contribution >= 0.6 is 0 Å². The zero-order chi connectivity index (χ0) is 41.1.